The zero-order valence-electron chi connectivity index (χ0n) is 8.36. The van der Waals surface area contributed by atoms with E-state index < -0.39 is 5.97 Å². The molecule has 2 aromatic rings. The molecule has 0 atom stereocenters. The van der Waals surface area contributed by atoms with Crippen molar-refractivity contribution in [3.8, 4) is 0 Å². The molecule has 0 spiro atoms. The molecule has 0 fully saturated rings. The Morgan fingerprint density at radius 1 is 1.33 bits per heavy atom. The van der Waals surface area contributed by atoms with Crippen molar-refractivity contribution in [1.82, 2.24) is 4.98 Å². The number of rotatable bonds is 2. The molecule has 0 radical (unpaired) electrons. The fourth-order valence-corrected chi connectivity index (χ4v) is 1.39. The molecular weight excluding hydrogens is 201 g/mol. The van der Waals surface area contributed by atoms with Crippen molar-refractivity contribution >= 4 is 22.9 Å². The van der Waals surface area contributed by atoms with Crippen LogP contribution in [0.5, 0.6) is 0 Å². The van der Waals surface area contributed by atoms with Crippen molar-refractivity contribution in [1.29, 1.82) is 0 Å². The first-order chi connectivity index (χ1) is 6.77. The fourth-order valence-electron chi connectivity index (χ4n) is 1.39. The molecule has 1 aromatic heterocycles. The summed E-state index contributed by atoms with van der Waals surface area (Å²) in [6, 6.07) is 7.70. The molecule has 0 aliphatic heterocycles. The van der Waals surface area contributed by atoms with Gasteiger partial charge in [0.15, 0.2) is 0 Å². The van der Waals surface area contributed by atoms with E-state index in [1.54, 1.807) is 6.20 Å². The monoisotopic (exact) mass is 209 g/mol. The van der Waals surface area contributed by atoms with Crippen LogP contribution in [-0.2, 0) is 4.79 Å². The summed E-state index contributed by atoms with van der Waals surface area (Å²) in [5.41, 5.74) is 1.84. The third-order valence-corrected chi connectivity index (χ3v) is 2.02. The smallest absolute Gasteiger partial charge is 0.545 e. The summed E-state index contributed by atoms with van der Waals surface area (Å²) in [7, 11) is 0. The van der Waals surface area contributed by atoms with Gasteiger partial charge in [-0.3, -0.25) is 0 Å². The number of aliphatic carboxylic acids is 1. The molecule has 1 N–H and O–H groups in total. The number of hydrogen-bond donors (Lipinski definition) is 1. The predicted molar refractivity (Wildman–Crippen MR) is 52.3 cm³/mol. The van der Waals surface area contributed by atoms with E-state index in [0.29, 0.717) is 0 Å². The van der Waals surface area contributed by atoms with Gasteiger partial charge >= 0.3 is 29.6 Å². The van der Waals surface area contributed by atoms with Crippen LogP contribution < -0.4 is 34.7 Å². The number of carboxylic acid groups (broad SMARTS) is 1. The Bertz CT molecular complexity index is 502. The Balaban J connectivity index is 0.00000112. The van der Waals surface area contributed by atoms with Crippen molar-refractivity contribution in [2.75, 3.05) is 0 Å². The minimum Gasteiger partial charge on any atom is -0.545 e. The van der Waals surface area contributed by atoms with Gasteiger partial charge in [0.2, 0.25) is 0 Å². The van der Waals surface area contributed by atoms with Crippen molar-refractivity contribution in [3.05, 3.63) is 42.1 Å². The van der Waals surface area contributed by atoms with E-state index in [9.17, 15) is 9.90 Å². The van der Waals surface area contributed by atoms with Gasteiger partial charge in [-0.15, -0.1) is 0 Å². The molecule has 3 nitrogen and oxygen atoms in total. The summed E-state index contributed by atoms with van der Waals surface area (Å²) in [4.78, 5) is 13.3. The van der Waals surface area contributed by atoms with Crippen molar-refractivity contribution in [3.63, 3.8) is 0 Å². The van der Waals surface area contributed by atoms with E-state index in [4.69, 9.17) is 0 Å². The Kier molecular flexibility index (Phi) is 4.15. The number of H-pyrrole nitrogens is 1. The number of para-hydroxylation sites is 1. The molecule has 4 heteroatoms. The number of carbonyl (C=O) groups is 1. The average Bonchev–Trinajstić information content (AvgIpc) is 2.58. The summed E-state index contributed by atoms with van der Waals surface area (Å²) in [6.07, 6.45) is 4.31. The molecule has 0 aliphatic carbocycles. The summed E-state index contributed by atoms with van der Waals surface area (Å²) in [6.45, 7) is 0. The zero-order valence-corrected chi connectivity index (χ0v) is 10.4. The van der Waals surface area contributed by atoms with Gasteiger partial charge in [0.25, 0.3) is 0 Å². The second kappa shape index (κ2) is 5.16. The van der Waals surface area contributed by atoms with Crippen LogP contribution in [0.25, 0.3) is 17.0 Å². The summed E-state index contributed by atoms with van der Waals surface area (Å²) in [5.74, 6) is -1.18. The number of carbonyl (C=O) groups excluding carboxylic acids is 1. The second-order valence-corrected chi connectivity index (χ2v) is 2.94. The number of benzene rings is 1. The van der Waals surface area contributed by atoms with Gasteiger partial charge in [0.05, 0.1) is 5.97 Å². The quantitative estimate of drug-likeness (QED) is 0.456. The molecule has 0 unspecified atom stereocenters. The molecule has 0 aliphatic rings. The van der Waals surface area contributed by atoms with Crippen LogP contribution in [-0.4, -0.2) is 11.0 Å². The predicted octanol–water partition coefficient (Wildman–Crippen LogP) is -2.06. The molecule has 0 saturated heterocycles. The Morgan fingerprint density at radius 2 is 2.07 bits per heavy atom. The zero-order chi connectivity index (χ0) is 9.97. The maximum Gasteiger partial charge on any atom is 1.00 e. The molecule has 1 aromatic carbocycles. The topological polar surface area (TPSA) is 55.9 Å². The maximum absolute atomic E-state index is 10.2. The van der Waals surface area contributed by atoms with Crippen molar-refractivity contribution in [2.45, 2.75) is 0 Å². The molecule has 2 rings (SSSR count). The number of aromatic nitrogens is 1. The fraction of sp³-hybridized carbons (Fsp3) is 0. The van der Waals surface area contributed by atoms with Gasteiger partial charge in [-0.25, -0.2) is 0 Å². The van der Waals surface area contributed by atoms with Crippen LogP contribution in [0, 0.1) is 0 Å². The van der Waals surface area contributed by atoms with Gasteiger partial charge < -0.3 is 14.9 Å². The normalized spacial score (nSPS) is 10.4. The van der Waals surface area contributed by atoms with Crippen LogP contribution in [0.15, 0.2) is 36.5 Å². The minimum absolute atomic E-state index is 0. The first-order valence-electron chi connectivity index (χ1n) is 4.22. The van der Waals surface area contributed by atoms with E-state index in [-0.39, 0.29) is 29.6 Å². The molecule has 1 heterocycles. The van der Waals surface area contributed by atoms with Gasteiger partial charge in [0, 0.05) is 17.1 Å². The summed E-state index contributed by atoms with van der Waals surface area (Å²) < 4.78 is 0. The van der Waals surface area contributed by atoms with Crippen molar-refractivity contribution < 1.29 is 39.5 Å². The minimum atomic E-state index is -1.18. The van der Waals surface area contributed by atoms with Gasteiger partial charge in [-0.05, 0) is 17.7 Å². The van der Waals surface area contributed by atoms with E-state index in [1.807, 2.05) is 24.3 Å². The van der Waals surface area contributed by atoms with Crippen LogP contribution in [0.2, 0.25) is 0 Å². The molecule has 0 saturated carbocycles. The third-order valence-electron chi connectivity index (χ3n) is 2.02. The first kappa shape index (κ1) is 12.0. The second-order valence-electron chi connectivity index (χ2n) is 2.94. The molecule has 15 heavy (non-hydrogen) atoms. The SMILES string of the molecule is O=C([O-])/C=C/c1c[nH]c2ccccc12.[Na+]. The summed E-state index contributed by atoms with van der Waals surface area (Å²) >= 11 is 0. The number of fused-ring (bicyclic) bond motifs is 1. The van der Waals surface area contributed by atoms with Crippen molar-refractivity contribution in [2.24, 2.45) is 0 Å². The maximum atomic E-state index is 10.2. The Labute approximate surface area is 109 Å². The third kappa shape index (κ3) is 2.72. The summed E-state index contributed by atoms with van der Waals surface area (Å²) in [5, 5.41) is 11.2. The number of nitrogens with one attached hydrogen (secondary N) is 1. The van der Waals surface area contributed by atoms with Crippen LogP contribution in [0.3, 0.4) is 0 Å². The average molecular weight is 209 g/mol. The molecule has 0 amide bonds. The van der Waals surface area contributed by atoms with E-state index >= 15 is 0 Å². The van der Waals surface area contributed by atoms with Crippen LogP contribution in [0.1, 0.15) is 5.56 Å². The Hall–Kier alpha value is -1.03. The molecule has 0 bridgehead atoms. The standard InChI is InChI=1S/C11H9NO2.Na/c13-11(14)6-5-8-7-12-10-4-2-1-3-9(8)10;/h1-7,12H,(H,13,14);/q;+1/p-1/b6-5+;. The molecular formula is C11H8NNaO2. The Morgan fingerprint density at radius 3 is 2.80 bits per heavy atom. The van der Waals surface area contributed by atoms with Crippen LogP contribution in [0.4, 0.5) is 0 Å². The van der Waals surface area contributed by atoms with Gasteiger partial charge in [-0.1, -0.05) is 24.3 Å². The van der Waals surface area contributed by atoms with E-state index in [1.165, 1.54) is 6.08 Å². The van der Waals surface area contributed by atoms with Crippen LogP contribution >= 0.6 is 0 Å². The van der Waals surface area contributed by atoms with Gasteiger partial charge in [0.1, 0.15) is 0 Å². The first-order valence-corrected chi connectivity index (χ1v) is 4.22. The molecule has 70 valence electrons. The number of aromatic amines is 1. The number of hydrogen-bond acceptors (Lipinski definition) is 2. The van der Waals surface area contributed by atoms with E-state index in [0.717, 1.165) is 22.5 Å². The van der Waals surface area contributed by atoms with Gasteiger partial charge in [-0.2, -0.15) is 0 Å². The van der Waals surface area contributed by atoms with E-state index in [2.05, 4.69) is 4.98 Å². The largest absolute Gasteiger partial charge is 1.00 e. The number of carboxylic acids is 1.